The summed E-state index contributed by atoms with van der Waals surface area (Å²) in [4.78, 5) is 14.2. The number of nitro benzene ring substituents is 1. The van der Waals surface area contributed by atoms with Crippen LogP contribution in [0.5, 0.6) is 11.5 Å². The van der Waals surface area contributed by atoms with Gasteiger partial charge in [-0.3, -0.25) is 15.5 Å². The molecule has 2 aromatic rings. The number of rotatable bonds is 4. The molecule has 0 saturated carbocycles. The highest BCUT2D eigenvalue weighted by molar-refractivity contribution is 5.92. The standard InChI is InChI=1S/C13H12N4O3/c1-8-6-9(17(18)19)2-5-12(8)20-10-3-4-11(13(14)15)16-7-10/h2-7H,1H3,(H3,14,15). The summed E-state index contributed by atoms with van der Waals surface area (Å²) in [6.07, 6.45) is 1.44. The molecule has 102 valence electrons. The van der Waals surface area contributed by atoms with Gasteiger partial charge in [-0.15, -0.1) is 0 Å². The highest BCUT2D eigenvalue weighted by Crippen LogP contribution is 2.27. The second kappa shape index (κ2) is 5.35. The van der Waals surface area contributed by atoms with Crippen LogP contribution in [0, 0.1) is 22.4 Å². The molecule has 0 atom stereocenters. The molecule has 0 radical (unpaired) electrons. The minimum Gasteiger partial charge on any atom is -0.455 e. The number of hydrogen-bond donors (Lipinski definition) is 2. The van der Waals surface area contributed by atoms with Gasteiger partial charge in [-0.25, -0.2) is 4.98 Å². The van der Waals surface area contributed by atoms with Crippen LogP contribution in [-0.2, 0) is 0 Å². The largest absolute Gasteiger partial charge is 0.455 e. The van der Waals surface area contributed by atoms with E-state index in [0.717, 1.165) is 0 Å². The lowest BCUT2D eigenvalue weighted by molar-refractivity contribution is -0.384. The predicted molar refractivity (Wildman–Crippen MR) is 73.2 cm³/mol. The fourth-order valence-electron chi connectivity index (χ4n) is 1.59. The van der Waals surface area contributed by atoms with Gasteiger partial charge in [0.05, 0.1) is 11.1 Å². The minimum absolute atomic E-state index is 0.0138. The van der Waals surface area contributed by atoms with Crippen LogP contribution < -0.4 is 10.5 Å². The molecule has 20 heavy (non-hydrogen) atoms. The van der Waals surface area contributed by atoms with Gasteiger partial charge in [0, 0.05) is 12.1 Å². The van der Waals surface area contributed by atoms with Gasteiger partial charge in [0.15, 0.2) is 0 Å². The number of ether oxygens (including phenoxy) is 1. The number of non-ortho nitro benzene ring substituents is 1. The molecule has 7 nitrogen and oxygen atoms in total. The molecule has 0 fully saturated rings. The summed E-state index contributed by atoms with van der Waals surface area (Å²) in [5.41, 5.74) is 6.32. The Labute approximate surface area is 114 Å². The summed E-state index contributed by atoms with van der Waals surface area (Å²) in [6.45, 7) is 1.72. The van der Waals surface area contributed by atoms with Gasteiger partial charge in [-0.2, -0.15) is 0 Å². The average Bonchev–Trinajstić information content (AvgIpc) is 2.41. The first kappa shape index (κ1) is 13.5. The number of nitrogens with zero attached hydrogens (tertiary/aromatic N) is 2. The smallest absolute Gasteiger partial charge is 0.269 e. The van der Waals surface area contributed by atoms with E-state index in [1.807, 2.05) is 0 Å². The number of nitrogens with one attached hydrogen (secondary N) is 1. The Balaban J connectivity index is 2.21. The van der Waals surface area contributed by atoms with Gasteiger partial charge < -0.3 is 10.5 Å². The summed E-state index contributed by atoms with van der Waals surface area (Å²) in [7, 11) is 0. The maximum absolute atomic E-state index is 10.6. The lowest BCUT2D eigenvalue weighted by Crippen LogP contribution is -2.12. The molecular formula is C13H12N4O3. The van der Waals surface area contributed by atoms with E-state index in [0.29, 0.717) is 22.8 Å². The van der Waals surface area contributed by atoms with E-state index in [4.69, 9.17) is 15.9 Å². The number of nitro groups is 1. The highest BCUT2D eigenvalue weighted by Gasteiger charge is 2.09. The summed E-state index contributed by atoms with van der Waals surface area (Å²) >= 11 is 0. The molecule has 2 rings (SSSR count). The van der Waals surface area contributed by atoms with E-state index in [1.54, 1.807) is 19.1 Å². The van der Waals surface area contributed by atoms with E-state index < -0.39 is 4.92 Å². The third-order valence-electron chi connectivity index (χ3n) is 2.61. The Morgan fingerprint density at radius 3 is 2.65 bits per heavy atom. The number of amidine groups is 1. The van der Waals surface area contributed by atoms with Crippen molar-refractivity contribution >= 4 is 11.5 Å². The molecule has 0 saturated heterocycles. The van der Waals surface area contributed by atoms with Crippen molar-refractivity contribution in [3.05, 3.63) is 57.9 Å². The van der Waals surface area contributed by atoms with Crippen LogP contribution in [0.25, 0.3) is 0 Å². The van der Waals surface area contributed by atoms with Gasteiger partial charge in [-0.05, 0) is 30.7 Å². The van der Waals surface area contributed by atoms with Crippen molar-refractivity contribution in [2.45, 2.75) is 6.92 Å². The molecule has 3 N–H and O–H groups in total. The minimum atomic E-state index is -0.458. The molecule has 1 aromatic heterocycles. The molecule has 0 aliphatic rings. The van der Waals surface area contributed by atoms with E-state index in [1.165, 1.54) is 24.4 Å². The first-order valence-electron chi connectivity index (χ1n) is 5.70. The van der Waals surface area contributed by atoms with E-state index >= 15 is 0 Å². The average molecular weight is 272 g/mol. The quantitative estimate of drug-likeness (QED) is 0.383. The second-order valence-electron chi connectivity index (χ2n) is 4.10. The maximum atomic E-state index is 10.6. The number of nitrogens with two attached hydrogens (primary N) is 1. The Bertz CT molecular complexity index is 668. The van der Waals surface area contributed by atoms with Crippen LogP contribution in [0.4, 0.5) is 5.69 Å². The number of aromatic nitrogens is 1. The topological polar surface area (TPSA) is 115 Å². The van der Waals surface area contributed by atoms with Crippen molar-refractivity contribution in [2.75, 3.05) is 0 Å². The second-order valence-corrected chi connectivity index (χ2v) is 4.10. The molecule has 0 aliphatic carbocycles. The Morgan fingerprint density at radius 1 is 1.40 bits per heavy atom. The van der Waals surface area contributed by atoms with Crippen molar-refractivity contribution in [1.29, 1.82) is 5.41 Å². The zero-order chi connectivity index (χ0) is 14.7. The molecule has 0 unspecified atom stereocenters. The van der Waals surface area contributed by atoms with Crippen molar-refractivity contribution in [1.82, 2.24) is 4.98 Å². The monoisotopic (exact) mass is 272 g/mol. The van der Waals surface area contributed by atoms with Crippen LogP contribution in [0.15, 0.2) is 36.5 Å². The fraction of sp³-hybridized carbons (Fsp3) is 0.0769. The summed E-state index contributed by atoms with van der Waals surface area (Å²) in [5, 5.41) is 17.9. The first-order chi connectivity index (χ1) is 9.47. The van der Waals surface area contributed by atoms with Crippen LogP contribution >= 0.6 is 0 Å². The molecule has 0 bridgehead atoms. The summed E-state index contributed by atoms with van der Waals surface area (Å²) < 4.78 is 5.58. The molecule has 0 amide bonds. The fourth-order valence-corrected chi connectivity index (χ4v) is 1.59. The lowest BCUT2D eigenvalue weighted by atomic mass is 10.2. The summed E-state index contributed by atoms with van der Waals surface area (Å²) in [5.74, 6) is 0.850. The molecular weight excluding hydrogens is 260 g/mol. The van der Waals surface area contributed by atoms with Crippen LogP contribution in [0.1, 0.15) is 11.3 Å². The predicted octanol–water partition coefficient (Wildman–Crippen LogP) is 2.37. The number of hydrogen-bond acceptors (Lipinski definition) is 5. The highest BCUT2D eigenvalue weighted by atomic mass is 16.6. The molecule has 1 heterocycles. The SMILES string of the molecule is Cc1cc([N+](=O)[O-])ccc1Oc1ccc(C(=N)N)nc1. The van der Waals surface area contributed by atoms with Crippen molar-refractivity contribution in [2.24, 2.45) is 5.73 Å². The van der Waals surface area contributed by atoms with Crippen LogP contribution in [0.2, 0.25) is 0 Å². The van der Waals surface area contributed by atoms with E-state index in [-0.39, 0.29) is 11.5 Å². The first-order valence-corrected chi connectivity index (χ1v) is 5.70. The lowest BCUT2D eigenvalue weighted by Gasteiger charge is -2.08. The van der Waals surface area contributed by atoms with E-state index in [9.17, 15) is 10.1 Å². The third kappa shape index (κ3) is 2.89. The van der Waals surface area contributed by atoms with E-state index in [2.05, 4.69) is 4.98 Å². The van der Waals surface area contributed by atoms with Gasteiger partial charge in [0.1, 0.15) is 23.0 Å². The van der Waals surface area contributed by atoms with Gasteiger partial charge in [0.2, 0.25) is 0 Å². The molecule has 0 aliphatic heterocycles. The summed E-state index contributed by atoms with van der Waals surface area (Å²) in [6, 6.07) is 7.54. The van der Waals surface area contributed by atoms with Gasteiger partial charge in [0.25, 0.3) is 5.69 Å². The normalized spacial score (nSPS) is 10.1. The molecule has 7 heteroatoms. The Hall–Kier alpha value is -2.96. The van der Waals surface area contributed by atoms with Crippen molar-refractivity contribution < 1.29 is 9.66 Å². The zero-order valence-electron chi connectivity index (χ0n) is 10.7. The van der Waals surface area contributed by atoms with Gasteiger partial charge >= 0.3 is 0 Å². The van der Waals surface area contributed by atoms with Crippen molar-refractivity contribution in [3.8, 4) is 11.5 Å². The van der Waals surface area contributed by atoms with Crippen LogP contribution in [-0.4, -0.2) is 15.7 Å². The Morgan fingerprint density at radius 2 is 2.15 bits per heavy atom. The third-order valence-corrected chi connectivity index (χ3v) is 2.61. The maximum Gasteiger partial charge on any atom is 0.269 e. The molecule has 1 aromatic carbocycles. The van der Waals surface area contributed by atoms with Crippen LogP contribution in [0.3, 0.4) is 0 Å². The van der Waals surface area contributed by atoms with Gasteiger partial charge in [-0.1, -0.05) is 0 Å². The number of benzene rings is 1. The molecule has 0 spiro atoms. The Kier molecular flexibility index (Phi) is 3.60. The number of aryl methyl sites for hydroxylation is 1. The van der Waals surface area contributed by atoms with Crippen molar-refractivity contribution in [3.63, 3.8) is 0 Å². The zero-order valence-corrected chi connectivity index (χ0v) is 10.7. The number of pyridine rings is 1. The number of nitrogen functional groups attached to an aromatic ring is 1.